The summed E-state index contributed by atoms with van der Waals surface area (Å²) in [5, 5.41) is 21.7. The first kappa shape index (κ1) is 13.7. The summed E-state index contributed by atoms with van der Waals surface area (Å²) < 4.78 is 4.95. The van der Waals surface area contributed by atoms with Gasteiger partial charge >= 0.3 is 0 Å². The summed E-state index contributed by atoms with van der Waals surface area (Å²) in [4.78, 5) is 12.1. The number of carbonyl (C=O) groups is 1. The van der Waals surface area contributed by atoms with Gasteiger partial charge in [-0.1, -0.05) is 6.07 Å². The van der Waals surface area contributed by atoms with Gasteiger partial charge in [0, 0.05) is 17.3 Å². The van der Waals surface area contributed by atoms with Gasteiger partial charge in [0.1, 0.15) is 5.75 Å². The molecule has 0 aliphatic heterocycles. The van der Waals surface area contributed by atoms with Gasteiger partial charge in [0.2, 0.25) is 0 Å². The Morgan fingerprint density at radius 1 is 1.10 bits per heavy atom. The third-order valence-corrected chi connectivity index (χ3v) is 2.91. The number of anilines is 1. The molecule has 0 radical (unpaired) electrons. The lowest BCUT2D eigenvalue weighted by molar-refractivity contribution is 0.102. The molecule has 2 rings (SSSR count). The number of aryl methyl sites for hydroxylation is 1. The van der Waals surface area contributed by atoms with Gasteiger partial charge in [-0.25, -0.2) is 0 Å². The van der Waals surface area contributed by atoms with Crippen molar-refractivity contribution in [3.63, 3.8) is 0 Å². The first-order valence-corrected chi connectivity index (χ1v) is 5.99. The van der Waals surface area contributed by atoms with Gasteiger partial charge in [0.05, 0.1) is 7.11 Å². The lowest BCUT2D eigenvalue weighted by atomic mass is 10.1. The van der Waals surface area contributed by atoms with E-state index in [1.807, 2.05) is 0 Å². The number of hydrogen-bond donors (Lipinski definition) is 3. The fourth-order valence-electron chi connectivity index (χ4n) is 1.71. The summed E-state index contributed by atoms with van der Waals surface area (Å²) in [6.07, 6.45) is 0. The number of hydrogen-bond acceptors (Lipinski definition) is 4. The molecule has 0 spiro atoms. The minimum absolute atomic E-state index is 0.0305. The molecule has 5 heteroatoms. The predicted molar refractivity (Wildman–Crippen MR) is 75.5 cm³/mol. The summed E-state index contributed by atoms with van der Waals surface area (Å²) in [6, 6.07) is 9.21. The molecule has 2 aromatic rings. The van der Waals surface area contributed by atoms with Gasteiger partial charge in [-0.05, 0) is 36.8 Å². The minimum Gasteiger partial charge on any atom is -0.508 e. The Labute approximate surface area is 116 Å². The van der Waals surface area contributed by atoms with E-state index in [1.54, 1.807) is 19.1 Å². The summed E-state index contributed by atoms with van der Waals surface area (Å²) in [7, 11) is 1.41. The fraction of sp³-hybridized carbons (Fsp3) is 0.133. The van der Waals surface area contributed by atoms with Gasteiger partial charge in [0.25, 0.3) is 5.91 Å². The second-order valence-corrected chi connectivity index (χ2v) is 4.34. The number of benzene rings is 2. The van der Waals surface area contributed by atoms with E-state index in [1.165, 1.54) is 31.4 Å². The summed E-state index contributed by atoms with van der Waals surface area (Å²) in [5.41, 5.74) is 1.57. The highest BCUT2D eigenvalue weighted by Crippen LogP contribution is 2.27. The van der Waals surface area contributed by atoms with Crippen LogP contribution in [0.2, 0.25) is 0 Å². The molecule has 0 fully saturated rings. The molecule has 0 atom stereocenters. The molecule has 1 amide bonds. The number of amides is 1. The molecule has 0 saturated carbocycles. The van der Waals surface area contributed by atoms with Crippen molar-refractivity contribution in [1.29, 1.82) is 0 Å². The standard InChI is InChI=1S/C15H15NO4/c1-9-3-5-11(8-13(9)18)16-15(19)10-4-6-12(17)14(7-10)20-2/h3-8,17-18H,1-2H3,(H,16,19). The van der Waals surface area contributed by atoms with Crippen molar-refractivity contribution in [3.8, 4) is 17.2 Å². The van der Waals surface area contributed by atoms with Crippen LogP contribution in [0.15, 0.2) is 36.4 Å². The van der Waals surface area contributed by atoms with Crippen LogP contribution in [0.4, 0.5) is 5.69 Å². The quantitative estimate of drug-likeness (QED) is 0.803. The molecule has 0 aliphatic rings. The Kier molecular flexibility index (Phi) is 3.79. The second-order valence-electron chi connectivity index (χ2n) is 4.34. The average Bonchev–Trinajstić information content (AvgIpc) is 2.43. The van der Waals surface area contributed by atoms with Crippen molar-refractivity contribution < 1.29 is 19.7 Å². The number of methoxy groups -OCH3 is 1. The molecule has 0 aliphatic carbocycles. The van der Waals surface area contributed by atoms with Gasteiger partial charge in [-0.15, -0.1) is 0 Å². The average molecular weight is 273 g/mol. The Morgan fingerprint density at radius 2 is 1.85 bits per heavy atom. The number of nitrogens with one attached hydrogen (secondary N) is 1. The van der Waals surface area contributed by atoms with E-state index in [9.17, 15) is 15.0 Å². The van der Waals surface area contributed by atoms with Crippen LogP contribution in [0.5, 0.6) is 17.2 Å². The smallest absolute Gasteiger partial charge is 0.255 e. The largest absolute Gasteiger partial charge is 0.508 e. The highest BCUT2D eigenvalue weighted by molar-refractivity contribution is 6.04. The van der Waals surface area contributed by atoms with Crippen molar-refractivity contribution in [2.75, 3.05) is 12.4 Å². The van der Waals surface area contributed by atoms with Gasteiger partial charge in [0.15, 0.2) is 11.5 Å². The molecule has 0 saturated heterocycles. The zero-order valence-electron chi connectivity index (χ0n) is 11.2. The summed E-state index contributed by atoms with van der Waals surface area (Å²) in [6.45, 7) is 1.77. The Morgan fingerprint density at radius 3 is 2.50 bits per heavy atom. The molecule has 0 bridgehead atoms. The van der Waals surface area contributed by atoms with Crippen molar-refractivity contribution in [1.82, 2.24) is 0 Å². The van der Waals surface area contributed by atoms with E-state index in [0.29, 0.717) is 11.3 Å². The maximum Gasteiger partial charge on any atom is 0.255 e. The molecular weight excluding hydrogens is 258 g/mol. The monoisotopic (exact) mass is 273 g/mol. The van der Waals surface area contributed by atoms with E-state index in [0.717, 1.165) is 5.56 Å². The normalized spacial score (nSPS) is 10.1. The lowest BCUT2D eigenvalue weighted by Gasteiger charge is -2.09. The molecular formula is C15H15NO4. The van der Waals surface area contributed by atoms with Gasteiger partial charge in [-0.2, -0.15) is 0 Å². The SMILES string of the molecule is COc1cc(C(=O)Nc2ccc(C)c(O)c2)ccc1O. The first-order chi connectivity index (χ1) is 9.51. The number of phenolic OH excluding ortho intramolecular Hbond substituents is 2. The summed E-state index contributed by atoms with van der Waals surface area (Å²) in [5.74, 6) is -0.0425. The molecule has 3 N–H and O–H groups in total. The number of rotatable bonds is 3. The highest BCUT2D eigenvalue weighted by Gasteiger charge is 2.10. The van der Waals surface area contributed by atoms with Gasteiger partial charge in [-0.3, -0.25) is 4.79 Å². The number of carbonyl (C=O) groups excluding carboxylic acids is 1. The maximum atomic E-state index is 12.1. The molecule has 2 aromatic carbocycles. The first-order valence-electron chi connectivity index (χ1n) is 5.99. The van der Waals surface area contributed by atoms with Crippen LogP contribution in [-0.2, 0) is 0 Å². The van der Waals surface area contributed by atoms with Crippen molar-refractivity contribution in [2.45, 2.75) is 6.92 Å². The molecule has 0 unspecified atom stereocenters. The third kappa shape index (κ3) is 2.83. The fourth-order valence-corrected chi connectivity index (χ4v) is 1.71. The van der Waals surface area contributed by atoms with Crippen molar-refractivity contribution in [3.05, 3.63) is 47.5 Å². The molecule has 5 nitrogen and oxygen atoms in total. The Bertz CT molecular complexity index is 652. The minimum atomic E-state index is -0.355. The molecule has 0 aromatic heterocycles. The van der Waals surface area contributed by atoms with Crippen LogP contribution in [0.3, 0.4) is 0 Å². The van der Waals surface area contributed by atoms with Crippen LogP contribution in [-0.4, -0.2) is 23.2 Å². The molecule has 20 heavy (non-hydrogen) atoms. The lowest BCUT2D eigenvalue weighted by Crippen LogP contribution is -2.11. The topological polar surface area (TPSA) is 78.8 Å². The van der Waals surface area contributed by atoms with Crippen molar-refractivity contribution in [2.24, 2.45) is 0 Å². The van der Waals surface area contributed by atoms with Crippen LogP contribution >= 0.6 is 0 Å². The highest BCUT2D eigenvalue weighted by atomic mass is 16.5. The van der Waals surface area contributed by atoms with Crippen LogP contribution < -0.4 is 10.1 Å². The van der Waals surface area contributed by atoms with E-state index >= 15 is 0 Å². The Balaban J connectivity index is 2.21. The number of ether oxygens (including phenoxy) is 1. The second kappa shape index (κ2) is 5.52. The zero-order valence-corrected chi connectivity index (χ0v) is 11.2. The van der Waals surface area contributed by atoms with Gasteiger partial charge < -0.3 is 20.3 Å². The third-order valence-electron chi connectivity index (χ3n) is 2.91. The van der Waals surface area contributed by atoms with E-state index in [2.05, 4.69) is 5.32 Å². The zero-order chi connectivity index (χ0) is 14.7. The van der Waals surface area contributed by atoms with Crippen molar-refractivity contribution >= 4 is 11.6 Å². The van der Waals surface area contributed by atoms with E-state index in [4.69, 9.17) is 4.74 Å². The number of aromatic hydroxyl groups is 2. The van der Waals surface area contributed by atoms with E-state index in [-0.39, 0.29) is 23.2 Å². The summed E-state index contributed by atoms with van der Waals surface area (Å²) >= 11 is 0. The predicted octanol–water partition coefficient (Wildman–Crippen LogP) is 2.67. The van der Waals surface area contributed by atoms with Crippen LogP contribution in [0, 0.1) is 6.92 Å². The molecule has 0 heterocycles. The number of phenols is 2. The van der Waals surface area contributed by atoms with E-state index < -0.39 is 0 Å². The van der Waals surface area contributed by atoms with Crippen LogP contribution in [0.25, 0.3) is 0 Å². The Hall–Kier alpha value is -2.69. The van der Waals surface area contributed by atoms with Crippen LogP contribution in [0.1, 0.15) is 15.9 Å². The molecule has 104 valence electrons. The maximum absolute atomic E-state index is 12.1.